The van der Waals surface area contributed by atoms with E-state index in [0.717, 1.165) is 6.42 Å². The third-order valence-corrected chi connectivity index (χ3v) is 4.68. The number of carbonyl (C=O) groups excluding carboxylic acids is 6. The maximum Gasteiger partial charge on any atom is 0.307 e. The summed E-state index contributed by atoms with van der Waals surface area (Å²) in [7, 11) is 1.30. The van der Waals surface area contributed by atoms with Crippen LogP contribution in [-0.4, -0.2) is 99.2 Å². The molecule has 0 radical (unpaired) electrons. The van der Waals surface area contributed by atoms with Gasteiger partial charge in [-0.3, -0.25) is 24.0 Å². The van der Waals surface area contributed by atoms with E-state index in [1.807, 2.05) is 20.6 Å². The van der Waals surface area contributed by atoms with E-state index in [9.17, 15) is 28.8 Å². The van der Waals surface area contributed by atoms with E-state index >= 15 is 0 Å². The fourth-order valence-electron chi connectivity index (χ4n) is 2.93. The van der Waals surface area contributed by atoms with Gasteiger partial charge in [-0.15, -0.1) is 0 Å². The standard InChI is InChI=1S/C21H38B2N4O7/c1-5-9-26(19(31)11-22-3)13-17(29)24-8-10-27(20(32)12-23-4)14-18(30)25-15-34-21(33)7-6-16(2)28/h22-23H,5-15H2,1-4H3,(H,24,29)(H,25,30). The molecule has 0 saturated carbocycles. The Morgan fingerprint density at radius 2 is 1.32 bits per heavy atom. The first-order valence-electron chi connectivity index (χ1n) is 11.9. The fraction of sp³-hybridized carbons (Fsp3) is 0.714. The molecule has 13 heteroatoms. The Kier molecular flexibility index (Phi) is 17.0. The number of hydrogen-bond acceptors (Lipinski definition) is 7. The van der Waals surface area contributed by atoms with Crippen LogP contribution in [0.15, 0.2) is 0 Å². The average Bonchev–Trinajstić information content (AvgIpc) is 2.77. The smallest absolute Gasteiger partial charge is 0.307 e. The van der Waals surface area contributed by atoms with Crippen LogP contribution in [-0.2, 0) is 33.5 Å². The Hall–Kier alpha value is -2.85. The molecule has 0 spiro atoms. The first kappa shape index (κ1) is 31.1. The summed E-state index contributed by atoms with van der Waals surface area (Å²) >= 11 is 0. The molecule has 0 rings (SSSR count). The molecule has 0 aliphatic heterocycles. The van der Waals surface area contributed by atoms with E-state index in [-0.39, 0.29) is 75.6 Å². The van der Waals surface area contributed by atoms with Crippen LogP contribution in [0.1, 0.15) is 33.1 Å². The molecule has 34 heavy (non-hydrogen) atoms. The van der Waals surface area contributed by atoms with Crippen molar-refractivity contribution in [1.29, 1.82) is 0 Å². The number of ketones is 1. The minimum absolute atomic E-state index is 0.0505. The van der Waals surface area contributed by atoms with Gasteiger partial charge in [0.25, 0.3) is 0 Å². The van der Waals surface area contributed by atoms with Gasteiger partial charge < -0.3 is 30.0 Å². The molecule has 0 aromatic rings. The third-order valence-electron chi connectivity index (χ3n) is 4.68. The number of ether oxygens (including phenoxy) is 1. The van der Waals surface area contributed by atoms with Crippen molar-refractivity contribution in [2.75, 3.05) is 39.5 Å². The average molecular weight is 480 g/mol. The topological polar surface area (TPSA) is 142 Å². The van der Waals surface area contributed by atoms with E-state index in [1.54, 1.807) is 0 Å². The zero-order valence-corrected chi connectivity index (χ0v) is 20.9. The van der Waals surface area contributed by atoms with Crippen LogP contribution in [0.2, 0.25) is 26.3 Å². The summed E-state index contributed by atoms with van der Waals surface area (Å²) in [6.45, 7) is 7.12. The molecule has 0 unspecified atom stereocenters. The molecular weight excluding hydrogens is 442 g/mol. The van der Waals surface area contributed by atoms with Gasteiger partial charge in [-0.25, -0.2) is 0 Å². The minimum atomic E-state index is -0.605. The highest BCUT2D eigenvalue weighted by atomic mass is 16.5. The van der Waals surface area contributed by atoms with E-state index in [4.69, 9.17) is 4.74 Å². The normalized spacial score (nSPS) is 10.0. The van der Waals surface area contributed by atoms with Gasteiger partial charge in [0.05, 0.1) is 19.5 Å². The van der Waals surface area contributed by atoms with Gasteiger partial charge in [-0.2, -0.15) is 0 Å². The van der Waals surface area contributed by atoms with Crippen LogP contribution in [0.5, 0.6) is 0 Å². The Balaban J connectivity index is 4.61. The van der Waals surface area contributed by atoms with Crippen LogP contribution >= 0.6 is 0 Å². The number of amides is 4. The Labute approximate surface area is 203 Å². The van der Waals surface area contributed by atoms with Crippen molar-refractivity contribution in [3.63, 3.8) is 0 Å². The monoisotopic (exact) mass is 480 g/mol. The predicted octanol–water partition coefficient (Wildman–Crippen LogP) is -1.04. The number of nitrogens with zero attached hydrogens (tertiary/aromatic N) is 2. The first-order valence-corrected chi connectivity index (χ1v) is 11.9. The molecular formula is C21H38B2N4O7. The quantitative estimate of drug-likeness (QED) is 0.145. The number of rotatable bonds is 18. The highest BCUT2D eigenvalue weighted by Gasteiger charge is 2.19. The van der Waals surface area contributed by atoms with Crippen LogP contribution in [0.25, 0.3) is 0 Å². The van der Waals surface area contributed by atoms with E-state index in [2.05, 4.69) is 10.6 Å². The second-order valence-corrected chi connectivity index (χ2v) is 7.94. The molecule has 0 bridgehead atoms. The lowest BCUT2D eigenvalue weighted by Gasteiger charge is -2.24. The van der Waals surface area contributed by atoms with Crippen molar-refractivity contribution >= 4 is 49.9 Å². The maximum atomic E-state index is 12.4. The summed E-state index contributed by atoms with van der Waals surface area (Å²) in [6, 6.07) is 0. The summed E-state index contributed by atoms with van der Waals surface area (Å²) in [6.07, 6.45) is 1.38. The van der Waals surface area contributed by atoms with E-state index in [0.29, 0.717) is 27.4 Å². The fourth-order valence-corrected chi connectivity index (χ4v) is 2.93. The van der Waals surface area contributed by atoms with Crippen molar-refractivity contribution in [3.8, 4) is 0 Å². The van der Waals surface area contributed by atoms with Crippen LogP contribution < -0.4 is 10.6 Å². The molecule has 11 nitrogen and oxygen atoms in total. The van der Waals surface area contributed by atoms with Gasteiger partial charge >= 0.3 is 5.97 Å². The van der Waals surface area contributed by atoms with Gasteiger partial charge in [0.2, 0.25) is 23.6 Å². The molecule has 2 N–H and O–H groups in total. The number of carbonyl (C=O) groups is 6. The number of nitrogens with one attached hydrogen (secondary N) is 2. The lowest BCUT2D eigenvalue weighted by Crippen LogP contribution is -2.46. The van der Waals surface area contributed by atoms with Crippen molar-refractivity contribution < 1.29 is 33.5 Å². The minimum Gasteiger partial charge on any atom is -0.444 e. The molecule has 0 saturated heterocycles. The second kappa shape index (κ2) is 18.6. The SMILES string of the molecule is CBCC(=O)N(CCC)CC(=O)NCCN(CC(=O)NCOC(=O)CCC(C)=O)C(=O)CBC. The van der Waals surface area contributed by atoms with Crippen molar-refractivity contribution in [1.82, 2.24) is 20.4 Å². The van der Waals surface area contributed by atoms with Crippen molar-refractivity contribution in [3.05, 3.63) is 0 Å². The number of esters is 1. The molecule has 0 aromatic carbocycles. The van der Waals surface area contributed by atoms with Crippen LogP contribution in [0.4, 0.5) is 0 Å². The lowest BCUT2D eigenvalue weighted by molar-refractivity contribution is -0.147. The molecule has 190 valence electrons. The number of hydrogen-bond donors (Lipinski definition) is 2. The molecule has 0 aliphatic carbocycles. The summed E-state index contributed by atoms with van der Waals surface area (Å²) < 4.78 is 4.84. The first-order chi connectivity index (χ1) is 16.1. The molecule has 0 heterocycles. The molecule has 0 fully saturated rings. The zero-order chi connectivity index (χ0) is 25.9. The Morgan fingerprint density at radius 3 is 1.82 bits per heavy atom. The molecule has 0 atom stereocenters. The Morgan fingerprint density at radius 1 is 0.794 bits per heavy atom. The lowest BCUT2D eigenvalue weighted by atomic mass is 9.77. The predicted molar refractivity (Wildman–Crippen MR) is 131 cm³/mol. The van der Waals surface area contributed by atoms with Gasteiger partial charge in [-0.1, -0.05) is 20.6 Å². The summed E-state index contributed by atoms with van der Waals surface area (Å²) in [5, 5.41) is 5.10. The van der Waals surface area contributed by atoms with E-state index < -0.39 is 11.9 Å². The van der Waals surface area contributed by atoms with Crippen LogP contribution in [0.3, 0.4) is 0 Å². The second-order valence-electron chi connectivity index (χ2n) is 7.94. The van der Waals surface area contributed by atoms with E-state index in [1.165, 1.54) is 16.7 Å². The third kappa shape index (κ3) is 15.1. The van der Waals surface area contributed by atoms with Crippen molar-refractivity contribution in [2.45, 2.75) is 59.4 Å². The Bertz CT molecular complexity index is 707. The van der Waals surface area contributed by atoms with Gasteiger partial charge in [0.1, 0.15) is 20.3 Å². The van der Waals surface area contributed by atoms with Gasteiger partial charge in [0, 0.05) is 38.7 Å². The maximum absolute atomic E-state index is 12.4. The summed E-state index contributed by atoms with van der Waals surface area (Å²) in [5.41, 5.74) is 0. The molecule has 0 aliphatic rings. The molecule has 4 amide bonds. The largest absolute Gasteiger partial charge is 0.444 e. The van der Waals surface area contributed by atoms with Gasteiger partial charge in [-0.05, 0) is 13.3 Å². The highest BCUT2D eigenvalue weighted by molar-refractivity contribution is 6.39. The van der Waals surface area contributed by atoms with Gasteiger partial charge in [0.15, 0.2) is 6.73 Å². The summed E-state index contributed by atoms with van der Waals surface area (Å²) in [5.74, 6) is -1.90. The summed E-state index contributed by atoms with van der Waals surface area (Å²) in [4.78, 5) is 74.2. The number of Topliss-reactive ketones (excluding diaryl/α,β-unsaturated/α-hetero) is 1. The van der Waals surface area contributed by atoms with Crippen molar-refractivity contribution in [2.24, 2.45) is 0 Å². The zero-order valence-electron chi connectivity index (χ0n) is 20.9. The highest BCUT2D eigenvalue weighted by Crippen LogP contribution is 1.98. The van der Waals surface area contributed by atoms with Crippen LogP contribution in [0, 0.1) is 0 Å². The molecule has 0 aromatic heterocycles.